The van der Waals surface area contributed by atoms with Crippen LogP contribution >= 0.6 is 0 Å². The van der Waals surface area contributed by atoms with Crippen molar-refractivity contribution in [2.24, 2.45) is 0 Å². The molecule has 2 nitrogen and oxygen atoms in total. The van der Waals surface area contributed by atoms with E-state index in [4.69, 9.17) is 9.47 Å². The largest absolute Gasteiger partial charge is 0.496 e. The lowest BCUT2D eigenvalue weighted by Crippen LogP contribution is -1.96. The van der Waals surface area contributed by atoms with Crippen LogP contribution in [0, 0.1) is 6.92 Å². The molecule has 0 saturated heterocycles. The molecule has 87 valence electrons. The highest BCUT2D eigenvalue weighted by molar-refractivity contribution is 5.41. The van der Waals surface area contributed by atoms with Crippen LogP contribution in [0.1, 0.15) is 11.1 Å². The molecule has 0 aromatic heterocycles. The van der Waals surface area contributed by atoms with Crippen LogP contribution in [-0.2, 0) is 6.61 Å². The van der Waals surface area contributed by atoms with Crippen LogP contribution in [0.4, 0.5) is 0 Å². The second-order valence-electron chi connectivity index (χ2n) is 3.75. The first kappa shape index (κ1) is 11.5. The lowest BCUT2D eigenvalue weighted by molar-refractivity contribution is 0.305. The molecule has 0 saturated carbocycles. The Kier molecular flexibility index (Phi) is 3.66. The van der Waals surface area contributed by atoms with Crippen molar-refractivity contribution in [2.45, 2.75) is 6.61 Å². The number of ether oxygens (including phenoxy) is 2. The van der Waals surface area contributed by atoms with Gasteiger partial charge in [0.25, 0.3) is 0 Å². The standard InChI is InChI=1S/C15H15O2/c1-12-10-14(8-9-15(12)16-2)17-11-13-6-4-3-5-7-13/h3-10H,1,11H2,2H3. The van der Waals surface area contributed by atoms with Gasteiger partial charge in [-0.3, -0.25) is 0 Å². The van der Waals surface area contributed by atoms with Crippen molar-refractivity contribution in [1.29, 1.82) is 0 Å². The van der Waals surface area contributed by atoms with E-state index in [1.807, 2.05) is 48.5 Å². The number of hydrogen-bond donors (Lipinski definition) is 0. The molecule has 1 radical (unpaired) electrons. The first-order chi connectivity index (χ1) is 8.29. The van der Waals surface area contributed by atoms with Crippen molar-refractivity contribution in [3.63, 3.8) is 0 Å². The molecule has 0 fully saturated rings. The molecule has 0 aliphatic heterocycles. The zero-order chi connectivity index (χ0) is 12.1. The van der Waals surface area contributed by atoms with Crippen molar-refractivity contribution in [3.8, 4) is 11.5 Å². The summed E-state index contributed by atoms with van der Waals surface area (Å²) in [5, 5.41) is 0. The predicted molar refractivity (Wildman–Crippen MR) is 68.2 cm³/mol. The SMILES string of the molecule is [CH2]c1cc(OCc2ccccc2)ccc1OC. The zero-order valence-electron chi connectivity index (χ0n) is 9.85. The molecule has 2 aromatic carbocycles. The van der Waals surface area contributed by atoms with E-state index in [1.54, 1.807) is 7.11 Å². The summed E-state index contributed by atoms with van der Waals surface area (Å²) in [6.45, 7) is 4.46. The topological polar surface area (TPSA) is 18.5 Å². The van der Waals surface area contributed by atoms with Gasteiger partial charge in [0.05, 0.1) is 7.11 Å². The van der Waals surface area contributed by atoms with Crippen molar-refractivity contribution in [2.75, 3.05) is 7.11 Å². The summed E-state index contributed by atoms with van der Waals surface area (Å²) in [5.74, 6) is 1.58. The fourth-order valence-electron chi connectivity index (χ4n) is 1.59. The van der Waals surface area contributed by atoms with Crippen molar-refractivity contribution < 1.29 is 9.47 Å². The molecule has 0 unspecified atom stereocenters. The van der Waals surface area contributed by atoms with Crippen molar-refractivity contribution in [3.05, 3.63) is 66.6 Å². The molecule has 17 heavy (non-hydrogen) atoms. The van der Waals surface area contributed by atoms with E-state index in [2.05, 4.69) is 6.92 Å². The van der Waals surface area contributed by atoms with Crippen LogP contribution in [-0.4, -0.2) is 7.11 Å². The van der Waals surface area contributed by atoms with E-state index in [1.165, 1.54) is 0 Å². The quantitative estimate of drug-likeness (QED) is 0.796. The fraction of sp³-hybridized carbons (Fsp3) is 0.133. The van der Waals surface area contributed by atoms with Crippen LogP contribution in [0.2, 0.25) is 0 Å². The minimum Gasteiger partial charge on any atom is -0.496 e. The van der Waals surface area contributed by atoms with Gasteiger partial charge in [-0.05, 0) is 36.2 Å². The van der Waals surface area contributed by atoms with E-state index < -0.39 is 0 Å². The Labute approximate surface area is 102 Å². The van der Waals surface area contributed by atoms with Gasteiger partial charge in [0, 0.05) is 0 Å². The van der Waals surface area contributed by atoms with Gasteiger partial charge in [0.2, 0.25) is 0 Å². The highest BCUT2D eigenvalue weighted by Gasteiger charge is 2.01. The average Bonchev–Trinajstić information content (AvgIpc) is 2.38. The molecule has 2 aromatic rings. The molecule has 2 rings (SSSR count). The Morgan fingerprint density at radius 1 is 1.06 bits per heavy atom. The van der Waals surface area contributed by atoms with Gasteiger partial charge in [-0.1, -0.05) is 30.3 Å². The fourth-order valence-corrected chi connectivity index (χ4v) is 1.59. The summed E-state index contributed by atoms with van der Waals surface area (Å²) < 4.78 is 10.8. The maximum absolute atomic E-state index is 5.68. The smallest absolute Gasteiger partial charge is 0.122 e. The lowest BCUT2D eigenvalue weighted by atomic mass is 10.2. The molecule has 0 atom stereocenters. The summed E-state index contributed by atoms with van der Waals surface area (Å²) in [5.41, 5.74) is 1.98. The van der Waals surface area contributed by atoms with Crippen LogP contribution < -0.4 is 9.47 Å². The Bertz CT molecular complexity index is 478. The van der Waals surface area contributed by atoms with E-state index >= 15 is 0 Å². The maximum atomic E-state index is 5.68. The maximum Gasteiger partial charge on any atom is 0.122 e. The first-order valence-electron chi connectivity index (χ1n) is 5.46. The molecular weight excluding hydrogens is 212 g/mol. The second kappa shape index (κ2) is 5.39. The summed E-state index contributed by atoms with van der Waals surface area (Å²) in [6, 6.07) is 15.7. The van der Waals surface area contributed by atoms with Crippen LogP contribution in [0.15, 0.2) is 48.5 Å². The van der Waals surface area contributed by atoms with E-state index in [0.29, 0.717) is 6.61 Å². The third-order valence-electron chi connectivity index (χ3n) is 2.50. The highest BCUT2D eigenvalue weighted by Crippen LogP contribution is 2.23. The lowest BCUT2D eigenvalue weighted by Gasteiger charge is -2.09. The van der Waals surface area contributed by atoms with E-state index in [9.17, 15) is 0 Å². The van der Waals surface area contributed by atoms with E-state index in [0.717, 1.165) is 22.6 Å². The van der Waals surface area contributed by atoms with Gasteiger partial charge >= 0.3 is 0 Å². The van der Waals surface area contributed by atoms with Gasteiger partial charge < -0.3 is 9.47 Å². The molecule has 0 aliphatic carbocycles. The summed E-state index contributed by atoms with van der Waals surface area (Å²) in [6.07, 6.45) is 0. The summed E-state index contributed by atoms with van der Waals surface area (Å²) >= 11 is 0. The molecule has 0 N–H and O–H groups in total. The normalized spacial score (nSPS) is 10.0. The minimum absolute atomic E-state index is 0.562. The molecule has 0 bridgehead atoms. The molecule has 0 heterocycles. The zero-order valence-corrected chi connectivity index (χ0v) is 9.85. The highest BCUT2D eigenvalue weighted by atomic mass is 16.5. The first-order valence-corrected chi connectivity index (χ1v) is 5.46. The Morgan fingerprint density at radius 2 is 1.82 bits per heavy atom. The third-order valence-corrected chi connectivity index (χ3v) is 2.50. The average molecular weight is 227 g/mol. The molecule has 2 heteroatoms. The third kappa shape index (κ3) is 3.00. The number of hydrogen-bond acceptors (Lipinski definition) is 2. The second-order valence-corrected chi connectivity index (χ2v) is 3.75. The van der Waals surface area contributed by atoms with Crippen molar-refractivity contribution >= 4 is 0 Å². The molecular formula is C15H15O2. The van der Waals surface area contributed by atoms with Gasteiger partial charge in [-0.25, -0.2) is 0 Å². The molecule has 0 amide bonds. The Hall–Kier alpha value is -1.96. The summed E-state index contributed by atoms with van der Waals surface area (Å²) in [7, 11) is 1.63. The predicted octanol–water partition coefficient (Wildman–Crippen LogP) is 3.46. The van der Waals surface area contributed by atoms with Gasteiger partial charge in [0.15, 0.2) is 0 Å². The Morgan fingerprint density at radius 3 is 2.47 bits per heavy atom. The number of rotatable bonds is 4. The van der Waals surface area contributed by atoms with Gasteiger partial charge in [-0.2, -0.15) is 0 Å². The van der Waals surface area contributed by atoms with Crippen LogP contribution in [0.25, 0.3) is 0 Å². The number of benzene rings is 2. The van der Waals surface area contributed by atoms with Gasteiger partial charge in [0.1, 0.15) is 18.1 Å². The van der Waals surface area contributed by atoms with Crippen LogP contribution in [0.3, 0.4) is 0 Å². The molecule has 0 spiro atoms. The van der Waals surface area contributed by atoms with Gasteiger partial charge in [-0.15, -0.1) is 0 Å². The van der Waals surface area contributed by atoms with Crippen LogP contribution in [0.5, 0.6) is 11.5 Å². The van der Waals surface area contributed by atoms with E-state index in [-0.39, 0.29) is 0 Å². The van der Waals surface area contributed by atoms with Crippen molar-refractivity contribution in [1.82, 2.24) is 0 Å². The monoisotopic (exact) mass is 227 g/mol. The number of methoxy groups -OCH3 is 1. The Balaban J connectivity index is 2.02. The minimum atomic E-state index is 0.562. The molecule has 0 aliphatic rings. The summed E-state index contributed by atoms with van der Waals surface area (Å²) in [4.78, 5) is 0.